The van der Waals surface area contributed by atoms with Crippen molar-refractivity contribution in [1.29, 1.82) is 0 Å². The second-order valence-electron chi connectivity index (χ2n) is 8.79. The van der Waals surface area contributed by atoms with Gasteiger partial charge in [-0.25, -0.2) is 14.3 Å². The molecule has 1 amide bonds. The summed E-state index contributed by atoms with van der Waals surface area (Å²) in [5.41, 5.74) is 2.40. The smallest absolute Gasteiger partial charge is 0.333 e. The van der Waals surface area contributed by atoms with E-state index in [1.807, 2.05) is 68.4 Å². The minimum atomic E-state index is -0.577. The van der Waals surface area contributed by atoms with Gasteiger partial charge < -0.3 is 14.6 Å². The first-order chi connectivity index (χ1) is 17.4. The van der Waals surface area contributed by atoms with E-state index in [0.717, 1.165) is 21.3 Å². The number of carbonyl (C=O) groups is 1. The number of imidazole rings is 1. The van der Waals surface area contributed by atoms with Crippen molar-refractivity contribution in [2.24, 2.45) is 0 Å². The summed E-state index contributed by atoms with van der Waals surface area (Å²) in [6.45, 7) is 4.58. The van der Waals surface area contributed by atoms with Crippen LogP contribution in [0, 0.1) is 6.92 Å². The molecule has 0 aliphatic carbocycles. The number of rotatable bonds is 10. The van der Waals surface area contributed by atoms with Gasteiger partial charge in [-0.05, 0) is 24.5 Å². The molecule has 2 aromatic heterocycles. The maximum Gasteiger partial charge on any atom is 0.333 e. The van der Waals surface area contributed by atoms with Crippen LogP contribution >= 0.6 is 0 Å². The van der Waals surface area contributed by atoms with E-state index in [-0.39, 0.29) is 30.3 Å². The van der Waals surface area contributed by atoms with Crippen LogP contribution in [0.5, 0.6) is 0 Å². The number of carbonyl (C=O) groups excluding carboxylic acids is 1. The highest BCUT2D eigenvalue weighted by Crippen LogP contribution is 2.17. The molecule has 36 heavy (non-hydrogen) atoms. The molecular formula is C27H31N5O4. The average Bonchev–Trinajstić information content (AvgIpc) is 3.31. The van der Waals surface area contributed by atoms with Crippen molar-refractivity contribution in [3.05, 3.63) is 98.5 Å². The van der Waals surface area contributed by atoms with Gasteiger partial charge in [0.2, 0.25) is 5.91 Å². The molecule has 9 nitrogen and oxygen atoms in total. The Labute approximate surface area is 209 Å². The van der Waals surface area contributed by atoms with Crippen LogP contribution in [0.4, 0.5) is 0 Å². The van der Waals surface area contributed by atoms with Gasteiger partial charge in [-0.2, -0.15) is 0 Å². The van der Waals surface area contributed by atoms with Gasteiger partial charge >= 0.3 is 5.69 Å². The number of amides is 1. The monoisotopic (exact) mass is 489 g/mol. The Morgan fingerprint density at radius 2 is 1.78 bits per heavy atom. The second kappa shape index (κ2) is 11.2. The highest BCUT2D eigenvalue weighted by molar-refractivity contribution is 5.77. The van der Waals surface area contributed by atoms with Crippen molar-refractivity contribution in [1.82, 2.24) is 24.0 Å². The van der Waals surface area contributed by atoms with E-state index in [9.17, 15) is 14.4 Å². The van der Waals surface area contributed by atoms with Gasteiger partial charge in [0.1, 0.15) is 6.54 Å². The van der Waals surface area contributed by atoms with E-state index in [2.05, 4.69) is 10.3 Å². The van der Waals surface area contributed by atoms with Crippen molar-refractivity contribution in [3.8, 4) is 0 Å². The van der Waals surface area contributed by atoms with Gasteiger partial charge in [0.15, 0.2) is 11.2 Å². The van der Waals surface area contributed by atoms with E-state index in [1.54, 1.807) is 11.7 Å². The normalized spacial score (nSPS) is 12.1. The Kier molecular flexibility index (Phi) is 7.80. The number of nitrogens with zero attached hydrogens (tertiary/aromatic N) is 4. The lowest BCUT2D eigenvalue weighted by molar-refractivity contribution is -0.122. The fraction of sp³-hybridized carbons (Fsp3) is 0.333. The van der Waals surface area contributed by atoms with E-state index in [1.165, 1.54) is 10.9 Å². The predicted octanol–water partition coefficient (Wildman–Crippen LogP) is 2.63. The van der Waals surface area contributed by atoms with Crippen LogP contribution in [0.3, 0.4) is 0 Å². The average molecular weight is 490 g/mol. The van der Waals surface area contributed by atoms with Crippen molar-refractivity contribution >= 4 is 17.1 Å². The number of hydrogen-bond donors (Lipinski definition) is 1. The van der Waals surface area contributed by atoms with E-state index in [0.29, 0.717) is 19.6 Å². The maximum atomic E-state index is 13.5. The molecule has 1 unspecified atom stereocenters. The molecular weight excluding hydrogens is 458 g/mol. The van der Waals surface area contributed by atoms with Crippen molar-refractivity contribution < 1.29 is 9.53 Å². The summed E-state index contributed by atoms with van der Waals surface area (Å²) in [6.07, 6.45) is 2.20. The van der Waals surface area contributed by atoms with Gasteiger partial charge in [-0.3, -0.25) is 14.2 Å². The number of aromatic nitrogens is 4. The van der Waals surface area contributed by atoms with E-state index < -0.39 is 17.2 Å². The summed E-state index contributed by atoms with van der Waals surface area (Å²) in [7, 11) is 1.57. The van der Waals surface area contributed by atoms with Crippen LogP contribution in [0.1, 0.15) is 36.1 Å². The summed E-state index contributed by atoms with van der Waals surface area (Å²) >= 11 is 0. The Balaban J connectivity index is 1.72. The SMILES string of the molecule is CCC(NC(=O)Cn1c(=O)c2c(ncn2CCOC)n(Cc2ccccc2)c1=O)c1ccc(C)cc1. The zero-order chi connectivity index (χ0) is 25.7. The molecule has 0 fully saturated rings. The number of benzene rings is 2. The van der Waals surface area contributed by atoms with Crippen LogP contribution in [-0.4, -0.2) is 38.3 Å². The van der Waals surface area contributed by atoms with Crippen LogP contribution in [0.2, 0.25) is 0 Å². The number of nitrogens with one attached hydrogen (secondary N) is 1. The Hall–Kier alpha value is -3.98. The first kappa shape index (κ1) is 25.1. The van der Waals surface area contributed by atoms with Crippen molar-refractivity contribution in [2.45, 2.75) is 45.9 Å². The largest absolute Gasteiger partial charge is 0.383 e. The lowest BCUT2D eigenvalue weighted by atomic mass is 10.0. The molecule has 0 aliphatic heterocycles. The summed E-state index contributed by atoms with van der Waals surface area (Å²) in [4.78, 5) is 44.4. The quantitative estimate of drug-likeness (QED) is 0.369. The maximum absolute atomic E-state index is 13.5. The molecule has 9 heteroatoms. The molecule has 4 aromatic rings. The number of aryl methyl sites for hydroxylation is 1. The summed E-state index contributed by atoms with van der Waals surface area (Å²) in [5, 5.41) is 2.98. The van der Waals surface area contributed by atoms with Gasteiger partial charge in [-0.15, -0.1) is 0 Å². The summed E-state index contributed by atoms with van der Waals surface area (Å²) in [6, 6.07) is 17.2. The lowest BCUT2D eigenvalue weighted by Gasteiger charge is -2.18. The zero-order valence-electron chi connectivity index (χ0n) is 20.8. The molecule has 0 aliphatic rings. The van der Waals surface area contributed by atoms with Crippen LogP contribution in [-0.2, 0) is 29.2 Å². The Bertz CT molecular complexity index is 1450. The molecule has 0 saturated heterocycles. The molecule has 4 rings (SSSR count). The molecule has 0 saturated carbocycles. The number of ether oxygens (including phenoxy) is 1. The fourth-order valence-electron chi connectivity index (χ4n) is 4.25. The van der Waals surface area contributed by atoms with Gasteiger partial charge in [0, 0.05) is 13.7 Å². The molecule has 2 heterocycles. The van der Waals surface area contributed by atoms with Crippen LogP contribution < -0.4 is 16.6 Å². The fourth-order valence-corrected chi connectivity index (χ4v) is 4.25. The highest BCUT2D eigenvalue weighted by atomic mass is 16.5. The zero-order valence-corrected chi connectivity index (χ0v) is 20.8. The third-order valence-electron chi connectivity index (χ3n) is 6.23. The highest BCUT2D eigenvalue weighted by Gasteiger charge is 2.21. The van der Waals surface area contributed by atoms with E-state index in [4.69, 9.17) is 4.74 Å². The first-order valence-corrected chi connectivity index (χ1v) is 12.0. The predicted molar refractivity (Wildman–Crippen MR) is 138 cm³/mol. The Morgan fingerprint density at radius 1 is 1.06 bits per heavy atom. The van der Waals surface area contributed by atoms with E-state index >= 15 is 0 Å². The number of methoxy groups -OCH3 is 1. The lowest BCUT2D eigenvalue weighted by Crippen LogP contribution is -2.45. The van der Waals surface area contributed by atoms with Gasteiger partial charge in [0.25, 0.3) is 5.56 Å². The molecule has 1 N–H and O–H groups in total. The molecule has 0 bridgehead atoms. The van der Waals surface area contributed by atoms with Crippen LogP contribution in [0.25, 0.3) is 11.2 Å². The molecule has 2 aromatic carbocycles. The molecule has 0 radical (unpaired) electrons. The van der Waals surface area contributed by atoms with Gasteiger partial charge in [0.05, 0.1) is 25.5 Å². The topological polar surface area (TPSA) is 100 Å². The summed E-state index contributed by atoms with van der Waals surface area (Å²) < 4.78 is 9.27. The van der Waals surface area contributed by atoms with Crippen LogP contribution in [0.15, 0.2) is 70.5 Å². The first-order valence-electron chi connectivity index (χ1n) is 12.0. The molecule has 188 valence electrons. The van der Waals surface area contributed by atoms with Gasteiger partial charge in [-0.1, -0.05) is 67.1 Å². The third-order valence-corrected chi connectivity index (χ3v) is 6.23. The second-order valence-corrected chi connectivity index (χ2v) is 8.79. The third kappa shape index (κ3) is 5.31. The van der Waals surface area contributed by atoms with Crippen molar-refractivity contribution in [2.75, 3.05) is 13.7 Å². The molecule has 1 atom stereocenters. The number of hydrogen-bond acceptors (Lipinski definition) is 5. The minimum Gasteiger partial charge on any atom is -0.383 e. The number of fused-ring (bicyclic) bond motifs is 1. The Morgan fingerprint density at radius 3 is 2.44 bits per heavy atom. The molecule has 0 spiro atoms. The summed E-state index contributed by atoms with van der Waals surface area (Å²) in [5.74, 6) is -0.407. The van der Waals surface area contributed by atoms with Crippen molar-refractivity contribution in [3.63, 3.8) is 0 Å². The minimum absolute atomic E-state index is 0.223. The standard InChI is InChI=1S/C27H31N5O4/c1-4-22(21-12-10-19(2)11-13-21)29-23(33)17-32-26(34)24-25(28-18-30(24)14-15-36-3)31(27(32)35)16-20-8-6-5-7-9-20/h5-13,18,22H,4,14-17H2,1-3H3,(H,29,33).